The van der Waals surface area contributed by atoms with Crippen LogP contribution in [0, 0.1) is 0 Å². The van der Waals surface area contributed by atoms with Crippen molar-refractivity contribution in [2.45, 2.75) is 19.4 Å². The lowest BCUT2D eigenvalue weighted by Gasteiger charge is -2.29. The topological polar surface area (TPSA) is 44.7 Å². The first-order valence-electron chi connectivity index (χ1n) is 6.52. The minimum absolute atomic E-state index is 0.639. The number of anilines is 1. The van der Waals surface area contributed by atoms with E-state index in [0.29, 0.717) is 19.7 Å². The van der Waals surface area contributed by atoms with Crippen LogP contribution in [0.25, 0.3) is 0 Å². The molecule has 0 amide bonds. The standard InChI is InChI=1S/C14H22N2O2/c1-3-18-13-6-4-12(5-7-13)16-9-8-15-10-14(2,17)11-16/h4-7,15,17H,3,8-11H2,1-2H3. The molecule has 0 aliphatic carbocycles. The Bertz CT molecular complexity index is 376. The van der Waals surface area contributed by atoms with Gasteiger partial charge in [-0.25, -0.2) is 0 Å². The van der Waals surface area contributed by atoms with Gasteiger partial charge in [-0.05, 0) is 38.1 Å². The predicted octanol–water partition coefficient (Wildman–Crippen LogP) is 1.25. The summed E-state index contributed by atoms with van der Waals surface area (Å²) in [5.41, 5.74) is 0.442. The second kappa shape index (κ2) is 5.59. The van der Waals surface area contributed by atoms with Crippen LogP contribution in [0.3, 0.4) is 0 Å². The number of ether oxygens (including phenoxy) is 1. The molecule has 1 heterocycles. The molecule has 1 aromatic rings. The molecule has 18 heavy (non-hydrogen) atoms. The van der Waals surface area contributed by atoms with Gasteiger partial charge in [-0.2, -0.15) is 0 Å². The largest absolute Gasteiger partial charge is 0.494 e. The molecule has 0 radical (unpaired) electrons. The minimum Gasteiger partial charge on any atom is -0.494 e. The normalized spacial score (nSPS) is 24.7. The molecule has 0 spiro atoms. The molecular formula is C14H22N2O2. The Hall–Kier alpha value is -1.26. The maximum Gasteiger partial charge on any atom is 0.119 e. The summed E-state index contributed by atoms with van der Waals surface area (Å²) in [6.45, 7) is 7.61. The van der Waals surface area contributed by atoms with Crippen LogP contribution in [-0.4, -0.2) is 43.5 Å². The van der Waals surface area contributed by atoms with Gasteiger partial charge in [-0.3, -0.25) is 0 Å². The Balaban J connectivity index is 2.09. The fourth-order valence-corrected chi connectivity index (χ4v) is 2.26. The van der Waals surface area contributed by atoms with Gasteiger partial charge in [-0.1, -0.05) is 0 Å². The molecule has 4 heteroatoms. The van der Waals surface area contributed by atoms with Crippen molar-refractivity contribution in [1.29, 1.82) is 0 Å². The van der Waals surface area contributed by atoms with Crippen molar-refractivity contribution < 1.29 is 9.84 Å². The molecule has 2 rings (SSSR count). The number of nitrogens with zero attached hydrogens (tertiary/aromatic N) is 1. The first-order valence-corrected chi connectivity index (χ1v) is 6.52. The van der Waals surface area contributed by atoms with Crippen molar-refractivity contribution in [3.8, 4) is 5.75 Å². The number of β-amino-alcohol motifs (C(OH)–C–C–N with tert-alkyl or cyclic N) is 1. The van der Waals surface area contributed by atoms with Crippen LogP contribution in [0.15, 0.2) is 24.3 Å². The van der Waals surface area contributed by atoms with Gasteiger partial charge in [-0.15, -0.1) is 0 Å². The van der Waals surface area contributed by atoms with Crippen molar-refractivity contribution in [3.63, 3.8) is 0 Å². The second-order valence-corrected chi connectivity index (χ2v) is 5.02. The smallest absolute Gasteiger partial charge is 0.119 e. The minimum atomic E-state index is -0.685. The van der Waals surface area contributed by atoms with E-state index < -0.39 is 5.60 Å². The Morgan fingerprint density at radius 3 is 2.78 bits per heavy atom. The third kappa shape index (κ3) is 3.37. The summed E-state index contributed by atoms with van der Waals surface area (Å²) in [4.78, 5) is 2.20. The number of hydrogen-bond donors (Lipinski definition) is 2. The average Bonchev–Trinajstić information content (AvgIpc) is 2.52. The Morgan fingerprint density at radius 1 is 1.39 bits per heavy atom. The fraction of sp³-hybridized carbons (Fsp3) is 0.571. The van der Waals surface area contributed by atoms with E-state index in [4.69, 9.17) is 4.74 Å². The van der Waals surface area contributed by atoms with Crippen LogP contribution in [-0.2, 0) is 0 Å². The highest BCUT2D eigenvalue weighted by Crippen LogP contribution is 2.22. The van der Waals surface area contributed by atoms with Gasteiger partial charge in [0.25, 0.3) is 0 Å². The highest BCUT2D eigenvalue weighted by Gasteiger charge is 2.26. The monoisotopic (exact) mass is 250 g/mol. The first kappa shape index (κ1) is 13.2. The lowest BCUT2D eigenvalue weighted by Crippen LogP contribution is -2.43. The van der Waals surface area contributed by atoms with Crippen LogP contribution in [0.2, 0.25) is 0 Å². The van der Waals surface area contributed by atoms with E-state index in [-0.39, 0.29) is 0 Å². The molecule has 1 aliphatic rings. The van der Waals surface area contributed by atoms with Gasteiger partial charge in [0, 0.05) is 31.9 Å². The van der Waals surface area contributed by atoms with Gasteiger partial charge < -0.3 is 20.1 Å². The first-order chi connectivity index (χ1) is 8.61. The van der Waals surface area contributed by atoms with Crippen LogP contribution in [0.1, 0.15) is 13.8 Å². The maximum atomic E-state index is 10.2. The van der Waals surface area contributed by atoms with Gasteiger partial charge in [0.15, 0.2) is 0 Å². The molecule has 1 aliphatic heterocycles. The van der Waals surface area contributed by atoms with Crippen molar-refractivity contribution in [2.24, 2.45) is 0 Å². The summed E-state index contributed by atoms with van der Waals surface area (Å²) in [7, 11) is 0. The summed E-state index contributed by atoms with van der Waals surface area (Å²) in [5, 5.41) is 13.4. The molecule has 0 aromatic heterocycles. The lowest BCUT2D eigenvalue weighted by atomic mass is 10.1. The highest BCUT2D eigenvalue weighted by molar-refractivity contribution is 5.49. The molecule has 100 valence electrons. The molecule has 1 fully saturated rings. The van der Waals surface area contributed by atoms with E-state index in [1.54, 1.807) is 0 Å². The third-order valence-corrected chi connectivity index (χ3v) is 3.11. The van der Waals surface area contributed by atoms with Gasteiger partial charge in [0.2, 0.25) is 0 Å². The van der Waals surface area contributed by atoms with Crippen molar-refractivity contribution in [3.05, 3.63) is 24.3 Å². The number of rotatable bonds is 3. The predicted molar refractivity (Wildman–Crippen MR) is 73.3 cm³/mol. The number of nitrogens with one attached hydrogen (secondary N) is 1. The average molecular weight is 250 g/mol. The van der Waals surface area contributed by atoms with Crippen LogP contribution in [0.4, 0.5) is 5.69 Å². The van der Waals surface area contributed by atoms with E-state index in [2.05, 4.69) is 10.2 Å². The molecule has 0 bridgehead atoms. The zero-order valence-corrected chi connectivity index (χ0v) is 11.1. The van der Waals surface area contributed by atoms with Gasteiger partial charge >= 0.3 is 0 Å². The Labute approximate surface area is 109 Å². The molecule has 1 aromatic carbocycles. The van der Waals surface area contributed by atoms with E-state index in [0.717, 1.165) is 24.5 Å². The zero-order chi connectivity index (χ0) is 13.0. The molecule has 1 atom stereocenters. The Morgan fingerprint density at radius 2 is 2.11 bits per heavy atom. The molecule has 1 unspecified atom stereocenters. The van der Waals surface area contributed by atoms with E-state index in [1.807, 2.05) is 38.1 Å². The number of hydrogen-bond acceptors (Lipinski definition) is 4. The molecule has 4 nitrogen and oxygen atoms in total. The summed E-state index contributed by atoms with van der Waals surface area (Å²) in [6.07, 6.45) is 0. The summed E-state index contributed by atoms with van der Waals surface area (Å²) < 4.78 is 5.43. The van der Waals surface area contributed by atoms with Crippen LogP contribution >= 0.6 is 0 Å². The van der Waals surface area contributed by atoms with E-state index >= 15 is 0 Å². The quantitative estimate of drug-likeness (QED) is 0.847. The molecule has 0 saturated carbocycles. The third-order valence-electron chi connectivity index (χ3n) is 3.11. The zero-order valence-electron chi connectivity index (χ0n) is 11.1. The fourth-order valence-electron chi connectivity index (χ4n) is 2.26. The molecule has 2 N–H and O–H groups in total. The highest BCUT2D eigenvalue weighted by atomic mass is 16.5. The summed E-state index contributed by atoms with van der Waals surface area (Å²) in [5.74, 6) is 0.890. The summed E-state index contributed by atoms with van der Waals surface area (Å²) >= 11 is 0. The second-order valence-electron chi connectivity index (χ2n) is 5.02. The van der Waals surface area contributed by atoms with Crippen molar-refractivity contribution in [1.82, 2.24) is 5.32 Å². The van der Waals surface area contributed by atoms with Gasteiger partial charge in [0.1, 0.15) is 5.75 Å². The van der Waals surface area contributed by atoms with Crippen LogP contribution < -0.4 is 15.0 Å². The van der Waals surface area contributed by atoms with Crippen molar-refractivity contribution in [2.75, 3.05) is 37.7 Å². The number of benzene rings is 1. The Kier molecular flexibility index (Phi) is 4.09. The lowest BCUT2D eigenvalue weighted by molar-refractivity contribution is 0.0729. The van der Waals surface area contributed by atoms with E-state index in [1.165, 1.54) is 0 Å². The summed E-state index contributed by atoms with van der Waals surface area (Å²) in [6, 6.07) is 8.05. The maximum absolute atomic E-state index is 10.2. The van der Waals surface area contributed by atoms with Crippen LogP contribution in [0.5, 0.6) is 5.75 Å². The number of aliphatic hydroxyl groups is 1. The van der Waals surface area contributed by atoms with Gasteiger partial charge in [0.05, 0.1) is 12.2 Å². The molecule has 1 saturated heterocycles. The SMILES string of the molecule is CCOc1ccc(N2CCNCC(C)(O)C2)cc1. The molecular weight excluding hydrogens is 228 g/mol. The van der Waals surface area contributed by atoms with E-state index in [9.17, 15) is 5.11 Å². The van der Waals surface area contributed by atoms with Crippen molar-refractivity contribution >= 4 is 5.69 Å².